The Morgan fingerprint density at radius 1 is 1.05 bits per heavy atom. The van der Waals surface area contributed by atoms with Crippen LogP contribution in [-0.4, -0.2) is 57.5 Å². The van der Waals surface area contributed by atoms with Gasteiger partial charge in [-0.25, -0.2) is 15.0 Å². The normalized spacial score (nSPS) is 11.5. The number of nitrogens with zero attached hydrogens (tertiary/aromatic N) is 5. The predicted octanol–water partition coefficient (Wildman–Crippen LogP) is 5.35. The smallest absolute Gasteiger partial charge is 0.370 e. The van der Waals surface area contributed by atoms with E-state index in [0.29, 0.717) is 29.0 Å². The monoisotopic (exact) mass is 538 g/mol. The molecule has 0 atom stereocenters. The lowest BCUT2D eigenvalue weighted by Crippen LogP contribution is -2.16. The van der Waals surface area contributed by atoms with Gasteiger partial charge >= 0.3 is 6.18 Å². The molecule has 0 aliphatic heterocycles. The SMILES string of the molecule is Cc1ccc(NC(=O)c2cccc(C(F)(F)F)c2)cc1Nc1nccn1-c1cc(NCCCN(C)C)ncn1. The number of alkyl halides is 3. The summed E-state index contributed by atoms with van der Waals surface area (Å²) in [7, 11) is 4.05. The maximum atomic E-state index is 13.0. The Morgan fingerprint density at radius 3 is 2.64 bits per heavy atom. The summed E-state index contributed by atoms with van der Waals surface area (Å²) in [4.78, 5) is 27.8. The number of halogens is 3. The molecule has 0 radical (unpaired) electrons. The first-order chi connectivity index (χ1) is 18.6. The quantitative estimate of drug-likeness (QED) is 0.234. The summed E-state index contributed by atoms with van der Waals surface area (Å²) in [6, 6.07) is 11.3. The van der Waals surface area contributed by atoms with Crippen molar-refractivity contribution in [2.75, 3.05) is 43.1 Å². The van der Waals surface area contributed by atoms with E-state index in [4.69, 9.17) is 0 Å². The van der Waals surface area contributed by atoms with Crippen molar-refractivity contribution >= 4 is 29.0 Å². The van der Waals surface area contributed by atoms with Gasteiger partial charge < -0.3 is 20.9 Å². The van der Waals surface area contributed by atoms with Crippen molar-refractivity contribution < 1.29 is 18.0 Å². The fraction of sp³-hybridized carbons (Fsp3) is 0.259. The van der Waals surface area contributed by atoms with Crippen molar-refractivity contribution in [1.82, 2.24) is 24.4 Å². The second-order valence-corrected chi connectivity index (χ2v) is 9.15. The highest BCUT2D eigenvalue weighted by Crippen LogP contribution is 2.30. The lowest BCUT2D eigenvalue weighted by Gasteiger charge is -2.14. The Hall–Kier alpha value is -4.45. The van der Waals surface area contributed by atoms with Crippen molar-refractivity contribution in [3.05, 3.63) is 83.9 Å². The highest BCUT2D eigenvalue weighted by Gasteiger charge is 2.30. The largest absolute Gasteiger partial charge is 0.416 e. The van der Waals surface area contributed by atoms with E-state index in [9.17, 15) is 18.0 Å². The molecule has 2 aromatic carbocycles. The van der Waals surface area contributed by atoms with E-state index in [1.807, 2.05) is 27.1 Å². The van der Waals surface area contributed by atoms with Crippen molar-refractivity contribution in [3.63, 3.8) is 0 Å². The molecular formula is C27H29F3N8O. The molecule has 39 heavy (non-hydrogen) atoms. The molecule has 0 aliphatic carbocycles. The number of aromatic nitrogens is 4. The van der Waals surface area contributed by atoms with Crippen LogP contribution in [-0.2, 0) is 6.18 Å². The van der Waals surface area contributed by atoms with Gasteiger partial charge in [0.05, 0.1) is 5.56 Å². The van der Waals surface area contributed by atoms with Crippen LogP contribution in [0.5, 0.6) is 0 Å². The van der Waals surface area contributed by atoms with Crippen molar-refractivity contribution in [3.8, 4) is 5.82 Å². The molecule has 2 aromatic heterocycles. The van der Waals surface area contributed by atoms with Crippen LogP contribution in [0.25, 0.3) is 5.82 Å². The third kappa shape index (κ3) is 7.32. The number of amides is 1. The van der Waals surface area contributed by atoms with E-state index < -0.39 is 17.6 Å². The zero-order valence-electron chi connectivity index (χ0n) is 21.8. The van der Waals surface area contributed by atoms with Gasteiger partial charge in [0.1, 0.15) is 18.0 Å². The van der Waals surface area contributed by atoms with Crippen LogP contribution in [0.1, 0.15) is 27.9 Å². The molecule has 0 bridgehead atoms. The van der Waals surface area contributed by atoms with Gasteiger partial charge in [0.15, 0.2) is 0 Å². The van der Waals surface area contributed by atoms with Gasteiger partial charge in [-0.3, -0.25) is 9.36 Å². The van der Waals surface area contributed by atoms with Crippen molar-refractivity contribution in [1.29, 1.82) is 0 Å². The van der Waals surface area contributed by atoms with Gasteiger partial charge in [0, 0.05) is 41.9 Å². The second kappa shape index (κ2) is 11.9. The molecule has 4 rings (SSSR count). The average molecular weight is 539 g/mol. The third-order valence-electron chi connectivity index (χ3n) is 5.82. The van der Waals surface area contributed by atoms with Gasteiger partial charge in [0.2, 0.25) is 5.95 Å². The molecular weight excluding hydrogens is 509 g/mol. The molecule has 12 heteroatoms. The standard InChI is InChI=1S/C27H29F3N8O/c1-18-8-9-21(35-25(39)19-6-4-7-20(14-19)27(28,29)30)15-22(18)36-26-32-11-13-38(26)24-16-23(33-17-34-24)31-10-5-12-37(2)3/h4,6-9,11,13-17H,5,10,12H2,1-3H3,(H,32,36)(H,35,39)(H,31,33,34). The Balaban J connectivity index is 1.48. The maximum absolute atomic E-state index is 13.0. The van der Waals surface area contributed by atoms with Crippen LogP contribution in [0.2, 0.25) is 0 Å². The molecule has 4 aromatic rings. The first kappa shape index (κ1) is 27.6. The number of carbonyl (C=O) groups is 1. The molecule has 0 aliphatic rings. The van der Waals surface area contributed by atoms with Gasteiger partial charge in [-0.05, 0) is 69.9 Å². The van der Waals surface area contributed by atoms with E-state index in [2.05, 4.69) is 35.8 Å². The summed E-state index contributed by atoms with van der Waals surface area (Å²) in [5.74, 6) is 1.13. The minimum absolute atomic E-state index is 0.0923. The minimum atomic E-state index is -4.54. The fourth-order valence-corrected chi connectivity index (χ4v) is 3.76. The summed E-state index contributed by atoms with van der Waals surface area (Å²) in [6.45, 7) is 3.61. The molecule has 1 amide bonds. The summed E-state index contributed by atoms with van der Waals surface area (Å²) in [6.07, 6.45) is 1.29. The van der Waals surface area contributed by atoms with E-state index in [1.54, 1.807) is 35.2 Å². The first-order valence-electron chi connectivity index (χ1n) is 12.2. The van der Waals surface area contributed by atoms with E-state index in [1.165, 1.54) is 18.5 Å². The number of nitrogens with one attached hydrogen (secondary N) is 3. The predicted molar refractivity (Wildman–Crippen MR) is 145 cm³/mol. The highest BCUT2D eigenvalue weighted by atomic mass is 19.4. The van der Waals surface area contributed by atoms with Gasteiger partial charge in [-0.15, -0.1) is 0 Å². The van der Waals surface area contributed by atoms with E-state index >= 15 is 0 Å². The van der Waals surface area contributed by atoms with Crippen LogP contribution in [0.4, 0.5) is 36.3 Å². The molecule has 2 heterocycles. The Morgan fingerprint density at radius 2 is 1.87 bits per heavy atom. The molecule has 0 saturated carbocycles. The number of hydrogen-bond donors (Lipinski definition) is 3. The molecule has 0 fully saturated rings. The zero-order valence-corrected chi connectivity index (χ0v) is 21.8. The molecule has 0 saturated heterocycles. The van der Waals surface area contributed by atoms with Crippen LogP contribution >= 0.6 is 0 Å². The van der Waals surface area contributed by atoms with Crippen molar-refractivity contribution in [2.45, 2.75) is 19.5 Å². The lowest BCUT2D eigenvalue weighted by atomic mass is 10.1. The lowest BCUT2D eigenvalue weighted by molar-refractivity contribution is -0.137. The summed E-state index contributed by atoms with van der Waals surface area (Å²) in [5, 5.41) is 9.21. The van der Waals surface area contributed by atoms with Gasteiger partial charge in [-0.1, -0.05) is 12.1 Å². The minimum Gasteiger partial charge on any atom is -0.370 e. The van der Waals surface area contributed by atoms with Gasteiger partial charge in [-0.2, -0.15) is 13.2 Å². The zero-order chi connectivity index (χ0) is 28.0. The average Bonchev–Trinajstić information content (AvgIpc) is 3.36. The highest BCUT2D eigenvalue weighted by molar-refractivity contribution is 6.04. The number of benzene rings is 2. The Bertz CT molecular complexity index is 1430. The van der Waals surface area contributed by atoms with E-state index in [-0.39, 0.29) is 5.56 Å². The number of hydrogen-bond acceptors (Lipinski definition) is 7. The van der Waals surface area contributed by atoms with Crippen LogP contribution < -0.4 is 16.0 Å². The summed E-state index contributed by atoms with van der Waals surface area (Å²) in [5.41, 5.74) is 0.957. The molecule has 9 nitrogen and oxygen atoms in total. The topological polar surface area (TPSA) is 100 Å². The molecule has 0 unspecified atom stereocenters. The Kier molecular flexibility index (Phi) is 8.45. The molecule has 204 valence electrons. The maximum Gasteiger partial charge on any atom is 0.416 e. The number of carbonyl (C=O) groups excluding carboxylic acids is 1. The van der Waals surface area contributed by atoms with E-state index in [0.717, 1.165) is 37.2 Å². The van der Waals surface area contributed by atoms with Crippen LogP contribution in [0, 0.1) is 6.92 Å². The summed E-state index contributed by atoms with van der Waals surface area (Å²) < 4.78 is 40.9. The first-order valence-corrected chi connectivity index (χ1v) is 12.2. The number of aryl methyl sites for hydroxylation is 1. The molecule has 0 spiro atoms. The molecule has 3 N–H and O–H groups in total. The number of rotatable bonds is 10. The van der Waals surface area contributed by atoms with Gasteiger partial charge in [0.25, 0.3) is 5.91 Å². The number of anilines is 4. The summed E-state index contributed by atoms with van der Waals surface area (Å²) >= 11 is 0. The second-order valence-electron chi connectivity index (χ2n) is 9.15. The van der Waals surface area contributed by atoms with Crippen molar-refractivity contribution in [2.24, 2.45) is 0 Å². The van der Waals surface area contributed by atoms with Crippen LogP contribution in [0.15, 0.2) is 67.3 Å². The fourth-order valence-electron chi connectivity index (χ4n) is 3.76. The van der Waals surface area contributed by atoms with Crippen LogP contribution in [0.3, 0.4) is 0 Å². The third-order valence-corrected chi connectivity index (χ3v) is 5.82. The number of imidazole rings is 1. The Labute approximate surface area is 224 Å².